The molecule has 0 spiro atoms. The van der Waals surface area contributed by atoms with Crippen LogP contribution in [-0.2, 0) is 9.53 Å². The number of carbonyl (C=O) groups is 1. The molecule has 0 aromatic heterocycles. The van der Waals surface area contributed by atoms with Crippen molar-refractivity contribution in [3.8, 4) is 0 Å². The summed E-state index contributed by atoms with van der Waals surface area (Å²) in [7, 11) is 1.66. The van der Waals surface area contributed by atoms with Crippen LogP contribution in [0.1, 0.15) is 13.3 Å². The number of allylic oxidation sites excluding steroid dienone is 1. The van der Waals surface area contributed by atoms with Gasteiger partial charge in [-0.15, -0.1) is 0 Å². The van der Waals surface area contributed by atoms with Gasteiger partial charge in [0.25, 0.3) is 0 Å². The Morgan fingerprint density at radius 1 is 1.67 bits per heavy atom. The van der Waals surface area contributed by atoms with Gasteiger partial charge in [0.05, 0.1) is 12.3 Å². The van der Waals surface area contributed by atoms with Gasteiger partial charge in [-0.25, -0.2) is 0 Å². The molecule has 3 N–H and O–H groups in total. The fourth-order valence-electron chi connectivity index (χ4n) is 0.756. The maximum absolute atomic E-state index is 10.4. The highest BCUT2D eigenvalue weighted by Gasteiger charge is 1.98. The van der Waals surface area contributed by atoms with Crippen LogP contribution in [0.25, 0.3) is 0 Å². The van der Waals surface area contributed by atoms with E-state index >= 15 is 0 Å². The van der Waals surface area contributed by atoms with Crippen LogP contribution >= 0.6 is 0 Å². The molecule has 0 aliphatic heterocycles. The highest BCUT2D eigenvalue weighted by molar-refractivity contribution is 5.73. The van der Waals surface area contributed by atoms with Gasteiger partial charge in [0, 0.05) is 25.8 Å². The zero-order valence-electron chi connectivity index (χ0n) is 7.59. The number of aldehydes is 1. The molecule has 4 nitrogen and oxygen atoms in total. The molecule has 0 radical (unpaired) electrons. The predicted molar refractivity (Wildman–Crippen MR) is 47.4 cm³/mol. The molecule has 0 heterocycles. The Balaban J connectivity index is 3.87. The summed E-state index contributed by atoms with van der Waals surface area (Å²) in [5.74, 6) is 0. The first-order chi connectivity index (χ1) is 5.76. The fourth-order valence-corrected chi connectivity index (χ4v) is 0.756. The minimum Gasteiger partial charge on any atom is -0.400 e. The van der Waals surface area contributed by atoms with Crippen molar-refractivity contribution in [3.63, 3.8) is 0 Å². The predicted octanol–water partition coefficient (Wildman–Crippen LogP) is 0.00160. The molecule has 0 rings (SSSR count). The van der Waals surface area contributed by atoms with Gasteiger partial charge >= 0.3 is 0 Å². The van der Waals surface area contributed by atoms with E-state index in [1.54, 1.807) is 7.05 Å². The molecule has 0 unspecified atom stereocenters. The van der Waals surface area contributed by atoms with Gasteiger partial charge in [-0.05, 0) is 6.92 Å². The van der Waals surface area contributed by atoms with Crippen LogP contribution in [0.5, 0.6) is 0 Å². The van der Waals surface area contributed by atoms with Gasteiger partial charge in [0.2, 0.25) is 0 Å². The van der Waals surface area contributed by atoms with Crippen molar-refractivity contribution in [2.75, 3.05) is 20.3 Å². The summed E-state index contributed by atoms with van der Waals surface area (Å²) in [6, 6.07) is 0. The molecule has 0 fully saturated rings. The molecule has 0 saturated carbocycles. The molecule has 0 aromatic rings. The molecule has 0 atom stereocenters. The molecule has 70 valence electrons. The highest BCUT2D eigenvalue weighted by Crippen LogP contribution is 1.97. The van der Waals surface area contributed by atoms with Gasteiger partial charge in [0.1, 0.15) is 0 Å². The summed E-state index contributed by atoms with van der Waals surface area (Å²) in [5.41, 5.74) is 6.57. The first kappa shape index (κ1) is 11.0. The molecular formula is C8H16N2O2. The largest absolute Gasteiger partial charge is 0.400 e. The normalized spacial score (nSPS) is 12.2. The van der Waals surface area contributed by atoms with Gasteiger partial charge in [0.15, 0.2) is 6.29 Å². The third kappa shape index (κ3) is 3.98. The Morgan fingerprint density at radius 3 is 2.75 bits per heavy atom. The molecule has 0 aromatic carbocycles. The lowest BCUT2D eigenvalue weighted by atomic mass is 10.3. The molecule has 4 heteroatoms. The van der Waals surface area contributed by atoms with Crippen LogP contribution in [-0.4, -0.2) is 26.5 Å². The third-order valence-corrected chi connectivity index (χ3v) is 1.45. The molecular weight excluding hydrogens is 156 g/mol. The number of rotatable bonds is 6. The smallest absolute Gasteiger partial charge is 0.167 e. The first-order valence-electron chi connectivity index (χ1n) is 3.95. The zero-order chi connectivity index (χ0) is 9.40. The average molecular weight is 172 g/mol. The minimum atomic E-state index is 0.440. The second-order valence-corrected chi connectivity index (χ2v) is 2.25. The molecule has 0 bridgehead atoms. The molecule has 0 aliphatic carbocycles. The lowest BCUT2D eigenvalue weighted by Gasteiger charge is -2.05. The molecule has 0 aliphatic rings. The summed E-state index contributed by atoms with van der Waals surface area (Å²) in [4.78, 5) is 10.4. The van der Waals surface area contributed by atoms with E-state index in [4.69, 9.17) is 10.5 Å². The number of nitrogens with one attached hydrogen (secondary N) is 1. The van der Waals surface area contributed by atoms with Gasteiger partial charge < -0.3 is 15.8 Å². The highest BCUT2D eigenvalue weighted by atomic mass is 16.5. The van der Waals surface area contributed by atoms with Crippen molar-refractivity contribution in [3.05, 3.63) is 11.4 Å². The summed E-state index contributed by atoms with van der Waals surface area (Å²) in [6.45, 7) is 3.14. The Bertz CT molecular complexity index is 166. The zero-order valence-corrected chi connectivity index (χ0v) is 7.59. The summed E-state index contributed by atoms with van der Waals surface area (Å²) in [6.07, 6.45) is 1.30. The lowest BCUT2D eigenvalue weighted by molar-refractivity contribution is -0.105. The third-order valence-electron chi connectivity index (χ3n) is 1.45. The van der Waals surface area contributed by atoms with E-state index in [1.165, 1.54) is 0 Å². The number of ether oxygens (including phenoxy) is 1. The fraction of sp³-hybridized carbons (Fsp3) is 0.625. The van der Waals surface area contributed by atoms with Crippen LogP contribution in [0.3, 0.4) is 0 Å². The van der Waals surface area contributed by atoms with Crippen LogP contribution in [0, 0.1) is 0 Å². The summed E-state index contributed by atoms with van der Waals surface area (Å²) in [5, 5.41) is 2.71. The number of carbonyl (C=O) groups excluding carboxylic acids is 1. The molecule has 12 heavy (non-hydrogen) atoms. The van der Waals surface area contributed by atoms with Crippen LogP contribution in [0.2, 0.25) is 0 Å². The number of hydrogen-bond donors (Lipinski definition) is 2. The standard InChI is InChI=1S/C8H16N2O2/c1-3-12-5-4-7(9)8(6-11)10-2/h6,10H,3-5,9H2,1-2H3/b8-7+. The Kier molecular flexibility index (Phi) is 6.09. The quantitative estimate of drug-likeness (QED) is 0.336. The van der Waals surface area contributed by atoms with E-state index in [0.29, 0.717) is 37.3 Å². The van der Waals surface area contributed by atoms with Crippen molar-refractivity contribution < 1.29 is 9.53 Å². The second-order valence-electron chi connectivity index (χ2n) is 2.25. The van der Waals surface area contributed by atoms with E-state index in [2.05, 4.69) is 5.32 Å². The lowest BCUT2D eigenvalue weighted by Crippen LogP contribution is -2.16. The Morgan fingerprint density at radius 2 is 2.33 bits per heavy atom. The summed E-state index contributed by atoms with van der Waals surface area (Å²) >= 11 is 0. The van der Waals surface area contributed by atoms with Crippen molar-refractivity contribution in [2.45, 2.75) is 13.3 Å². The number of nitrogens with two attached hydrogens (primary N) is 1. The van der Waals surface area contributed by atoms with Crippen molar-refractivity contribution in [2.24, 2.45) is 5.73 Å². The Labute approximate surface area is 72.8 Å². The first-order valence-corrected chi connectivity index (χ1v) is 3.95. The van der Waals surface area contributed by atoms with E-state index in [1.807, 2.05) is 6.92 Å². The number of likely N-dealkylation sites (N-methyl/N-ethyl adjacent to an activating group) is 1. The van der Waals surface area contributed by atoms with Gasteiger partial charge in [-0.1, -0.05) is 0 Å². The topological polar surface area (TPSA) is 64.3 Å². The van der Waals surface area contributed by atoms with Gasteiger partial charge in [-0.3, -0.25) is 4.79 Å². The van der Waals surface area contributed by atoms with Crippen molar-refractivity contribution in [1.82, 2.24) is 5.32 Å². The molecule has 0 amide bonds. The summed E-state index contributed by atoms with van der Waals surface area (Å²) < 4.78 is 5.09. The van der Waals surface area contributed by atoms with Crippen LogP contribution < -0.4 is 11.1 Å². The maximum Gasteiger partial charge on any atom is 0.167 e. The van der Waals surface area contributed by atoms with Crippen molar-refractivity contribution >= 4 is 6.29 Å². The van der Waals surface area contributed by atoms with E-state index in [9.17, 15) is 4.79 Å². The minimum absolute atomic E-state index is 0.440. The van der Waals surface area contributed by atoms with E-state index < -0.39 is 0 Å². The van der Waals surface area contributed by atoms with Crippen LogP contribution in [0.15, 0.2) is 11.4 Å². The van der Waals surface area contributed by atoms with E-state index in [0.717, 1.165) is 0 Å². The Hall–Kier alpha value is -1.03. The average Bonchev–Trinajstić information content (AvgIpc) is 2.07. The second kappa shape index (κ2) is 6.67. The van der Waals surface area contributed by atoms with E-state index in [-0.39, 0.29) is 0 Å². The maximum atomic E-state index is 10.4. The van der Waals surface area contributed by atoms with Crippen molar-refractivity contribution in [1.29, 1.82) is 0 Å². The number of hydrogen-bond acceptors (Lipinski definition) is 4. The molecule has 0 saturated heterocycles. The van der Waals surface area contributed by atoms with Crippen LogP contribution in [0.4, 0.5) is 0 Å². The SMILES string of the molecule is CCOCC/C(N)=C(/C=O)NC. The monoisotopic (exact) mass is 172 g/mol. The van der Waals surface area contributed by atoms with Gasteiger partial charge in [-0.2, -0.15) is 0 Å².